The lowest BCUT2D eigenvalue weighted by atomic mass is 10.0. The van der Waals surface area contributed by atoms with Crippen molar-refractivity contribution in [1.82, 2.24) is 0 Å². The van der Waals surface area contributed by atoms with Crippen LogP contribution in [0.3, 0.4) is 0 Å². The summed E-state index contributed by atoms with van der Waals surface area (Å²) in [5.74, 6) is -0.288. The fourth-order valence-electron chi connectivity index (χ4n) is 3.12. The van der Waals surface area contributed by atoms with Gasteiger partial charge in [-0.2, -0.15) is 0 Å². The quantitative estimate of drug-likeness (QED) is 0.355. The molecule has 156 valence electrons. The van der Waals surface area contributed by atoms with E-state index >= 15 is 0 Å². The van der Waals surface area contributed by atoms with E-state index in [4.69, 9.17) is 9.84 Å². The molecule has 0 unspecified atom stereocenters. The normalized spacial score (nSPS) is 11.1. The van der Waals surface area contributed by atoms with Crippen LogP contribution in [0.5, 0.6) is 5.75 Å². The molecule has 0 atom stereocenters. The van der Waals surface area contributed by atoms with E-state index in [1.54, 1.807) is 19.1 Å². The molecule has 0 spiro atoms. The van der Waals surface area contributed by atoms with E-state index in [0.717, 1.165) is 28.3 Å². The average molecular weight is 412 g/mol. The second-order valence-electron chi connectivity index (χ2n) is 7.06. The highest BCUT2D eigenvalue weighted by Gasteiger charge is 2.07. The van der Waals surface area contributed by atoms with Gasteiger partial charge in [0.1, 0.15) is 12.4 Å². The number of carbonyl (C=O) groups is 2. The van der Waals surface area contributed by atoms with Gasteiger partial charge in [0.2, 0.25) is 0 Å². The summed E-state index contributed by atoms with van der Waals surface area (Å²) in [5.41, 5.74) is 4.37. The standard InChI is InChI=1S/C27H24O4/c1-20(28)24-14-16-26(31-19-21-8-3-2-4-9-21)25(18-24)13-7-12-22-10-5-6-11-23(22)15-17-27(29)30/h2-11,13-18H,12,19H2,1H3,(H,29,30)/b13-7+,17-15+. The van der Waals surface area contributed by atoms with Gasteiger partial charge in [-0.15, -0.1) is 0 Å². The molecular formula is C27H24O4. The molecule has 0 heterocycles. The van der Waals surface area contributed by atoms with Crippen LogP contribution in [0, 0.1) is 0 Å². The van der Waals surface area contributed by atoms with Crippen molar-refractivity contribution >= 4 is 23.9 Å². The topological polar surface area (TPSA) is 63.6 Å². The number of ether oxygens (including phenoxy) is 1. The molecule has 3 rings (SSSR count). The van der Waals surface area contributed by atoms with Gasteiger partial charge in [-0.25, -0.2) is 4.79 Å². The molecule has 0 aliphatic rings. The summed E-state index contributed by atoms with van der Waals surface area (Å²) in [6.45, 7) is 1.97. The number of benzene rings is 3. The maximum absolute atomic E-state index is 11.8. The number of aliphatic carboxylic acids is 1. The van der Waals surface area contributed by atoms with Gasteiger partial charge in [0.05, 0.1) is 0 Å². The molecule has 4 heteroatoms. The molecule has 3 aromatic carbocycles. The van der Waals surface area contributed by atoms with Gasteiger partial charge < -0.3 is 9.84 Å². The Labute approximate surface area is 182 Å². The maximum atomic E-state index is 11.8. The van der Waals surface area contributed by atoms with Crippen molar-refractivity contribution in [3.05, 3.63) is 113 Å². The Morgan fingerprint density at radius 1 is 0.903 bits per heavy atom. The zero-order valence-electron chi connectivity index (χ0n) is 17.3. The first-order chi connectivity index (χ1) is 15.0. The van der Waals surface area contributed by atoms with Gasteiger partial charge in [0, 0.05) is 17.2 Å². The zero-order valence-corrected chi connectivity index (χ0v) is 17.3. The Morgan fingerprint density at radius 3 is 2.39 bits per heavy atom. The Balaban J connectivity index is 1.81. The van der Waals surface area contributed by atoms with Crippen molar-refractivity contribution in [3.8, 4) is 5.75 Å². The van der Waals surface area contributed by atoms with E-state index in [1.165, 1.54) is 0 Å². The molecule has 0 aliphatic heterocycles. The van der Waals surface area contributed by atoms with Crippen molar-refractivity contribution in [2.24, 2.45) is 0 Å². The van der Waals surface area contributed by atoms with Crippen molar-refractivity contribution in [1.29, 1.82) is 0 Å². The monoisotopic (exact) mass is 412 g/mol. The van der Waals surface area contributed by atoms with Crippen molar-refractivity contribution in [3.63, 3.8) is 0 Å². The minimum absolute atomic E-state index is 0.00610. The minimum Gasteiger partial charge on any atom is -0.488 e. The van der Waals surface area contributed by atoms with Crippen LogP contribution in [0.15, 0.2) is 84.9 Å². The molecule has 0 amide bonds. The molecule has 3 aromatic rings. The molecule has 0 fully saturated rings. The van der Waals surface area contributed by atoms with Crippen molar-refractivity contribution in [2.45, 2.75) is 20.0 Å². The molecule has 31 heavy (non-hydrogen) atoms. The SMILES string of the molecule is CC(=O)c1ccc(OCc2ccccc2)c(/C=C/Cc2ccccc2/C=C/C(=O)O)c1. The fraction of sp³-hybridized carbons (Fsp3) is 0.111. The Kier molecular flexibility index (Phi) is 7.55. The summed E-state index contributed by atoms with van der Waals surface area (Å²) in [7, 11) is 0. The van der Waals surface area contributed by atoms with Gasteiger partial charge in [0.15, 0.2) is 5.78 Å². The third kappa shape index (κ3) is 6.54. The van der Waals surface area contributed by atoms with Crippen LogP contribution < -0.4 is 4.74 Å². The molecule has 0 saturated carbocycles. The van der Waals surface area contributed by atoms with Crippen LogP contribution in [-0.4, -0.2) is 16.9 Å². The molecular weight excluding hydrogens is 388 g/mol. The van der Waals surface area contributed by atoms with E-state index in [1.807, 2.05) is 78.9 Å². The number of hydrogen-bond acceptors (Lipinski definition) is 3. The number of hydrogen-bond donors (Lipinski definition) is 1. The van der Waals surface area contributed by atoms with E-state index in [0.29, 0.717) is 24.3 Å². The van der Waals surface area contributed by atoms with E-state index < -0.39 is 5.97 Å². The maximum Gasteiger partial charge on any atom is 0.328 e. The van der Waals surface area contributed by atoms with Gasteiger partial charge in [-0.3, -0.25) is 4.79 Å². The summed E-state index contributed by atoms with van der Waals surface area (Å²) in [5, 5.41) is 8.88. The van der Waals surface area contributed by atoms with Crippen LogP contribution >= 0.6 is 0 Å². The number of rotatable bonds is 9. The van der Waals surface area contributed by atoms with E-state index in [-0.39, 0.29) is 5.78 Å². The highest BCUT2D eigenvalue weighted by Crippen LogP contribution is 2.24. The van der Waals surface area contributed by atoms with Gasteiger partial charge in [-0.05, 0) is 54.3 Å². The molecule has 0 aromatic heterocycles. The molecule has 1 N–H and O–H groups in total. The highest BCUT2D eigenvalue weighted by atomic mass is 16.5. The molecule has 0 saturated heterocycles. The van der Waals surface area contributed by atoms with Crippen LogP contribution in [0.25, 0.3) is 12.2 Å². The zero-order chi connectivity index (χ0) is 22.1. The Hall–Kier alpha value is -3.92. The summed E-state index contributed by atoms with van der Waals surface area (Å²) in [6.07, 6.45) is 7.26. The average Bonchev–Trinajstić information content (AvgIpc) is 2.78. The fourth-order valence-corrected chi connectivity index (χ4v) is 3.12. The lowest BCUT2D eigenvalue weighted by molar-refractivity contribution is -0.131. The Morgan fingerprint density at radius 2 is 1.65 bits per heavy atom. The van der Waals surface area contributed by atoms with Crippen LogP contribution in [0.2, 0.25) is 0 Å². The minimum atomic E-state index is -0.980. The molecule has 0 radical (unpaired) electrons. The second kappa shape index (κ2) is 10.7. The third-order valence-corrected chi connectivity index (χ3v) is 4.75. The first-order valence-electron chi connectivity index (χ1n) is 10.00. The number of carboxylic acid groups (broad SMARTS) is 1. The predicted molar refractivity (Wildman–Crippen MR) is 123 cm³/mol. The van der Waals surface area contributed by atoms with Crippen LogP contribution in [0.4, 0.5) is 0 Å². The molecule has 4 nitrogen and oxygen atoms in total. The predicted octanol–water partition coefficient (Wildman–Crippen LogP) is 5.82. The van der Waals surface area contributed by atoms with E-state index in [2.05, 4.69) is 0 Å². The Bertz CT molecular complexity index is 1110. The summed E-state index contributed by atoms with van der Waals surface area (Å²) in [6, 6.07) is 23.0. The smallest absolute Gasteiger partial charge is 0.328 e. The third-order valence-electron chi connectivity index (χ3n) is 4.75. The van der Waals surface area contributed by atoms with Gasteiger partial charge >= 0.3 is 5.97 Å². The van der Waals surface area contributed by atoms with Crippen LogP contribution in [-0.2, 0) is 17.8 Å². The summed E-state index contributed by atoms with van der Waals surface area (Å²) in [4.78, 5) is 22.7. The molecule has 0 bridgehead atoms. The largest absolute Gasteiger partial charge is 0.488 e. The number of allylic oxidation sites excluding steroid dienone is 1. The van der Waals surface area contributed by atoms with Gasteiger partial charge in [0.25, 0.3) is 0 Å². The number of Topliss-reactive ketones (excluding diaryl/α,β-unsaturated/α-hetero) is 1. The van der Waals surface area contributed by atoms with Crippen molar-refractivity contribution in [2.75, 3.05) is 0 Å². The first kappa shape index (κ1) is 21.8. The number of ketones is 1. The number of carbonyl (C=O) groups excluding carboxylic acids is 1. The van der Waals surface area contributed by atoms with Crippen LogP contribution in [0.1, 0.15) is 39.5 Å². The summed E-state index contributed by atoms with van der Waals surface area (Å²) >= 11 is 0. The highest BCUT2D eigenvalue weighted by molar-refractivity contribution is 5.95. The number of carboxylic acids is 1. The van der Waals surface area contributed by atoms with E-state index in [9.17, 15) is 9.59 Å². The lowest BCUT2D eigenvalue weighted by Crippen LogP contribution is -1.99. The summed E-state index contributed by atoms with van der Waals surface area (Å²) < 4.78 is 6.01. The lowest BCUT2D eigenvalue weighted by Gasteiger charge is -2.11. The van der Waals surface area contributed by atoms with Crippen molar-refractivity contribution < 1.29 is 19.4 Å². The van der Waals surface area contributed by atoms with Gasteiger partial charge in [-0.1, -0.05) is 66.7 Å². The first-order valence-corrected chi connectivity index (χ1v) is 10.00. The molecule has 0 aliphatic carbocycles. The second-order valence-corrected chi connectivity index (χ2v) is 7.06.